The zero-order chi connectivity index (χ0) is 22.0. The molecular weight excluding hydrogens is 378 g/mol. The summed E-state index contributed by atoms with van der Waals surface area (Å²) in [5.41, 5.74) is 6.36. The van der Waals surface area contributed by atoms with Crippen molar-refractivity contribution in [2.24, 2.45) is 0 Å². The number of esters is 2. The monoisotopic (exact) mass is 407 g/mol. The van der Waals surface area contributed by atoms with Gasteiger partial charge in [-0.1, -0.05) is 17.7 Å². The lowest BCUT2D eigenvalue weighted by atomic mass is 9.97. The zero-order valence-electron chi connectivity index (χ0n) is 18.5. The molecule has 1 N–H and O–H groups in total. The molecule has 1 heterocycles. The Bertz CT molecular complexity index is 1150. The van der Waals surface area contributed by atoms with Crippen LogP contribution in [0.3, 0.4) is 0 Å². The number of benzene rings is 2. The number of hydrogen-bond acceptors (Lipinski definition) is 4. The largest absolute Gasteiger partial charge is 0.463 e. The lowest BCUT2D eigenvalue weighted by molar-refractivity contribution is -0.145. The number of ether oxygens (including phenoxy) is 2. The van der Waals surface area contributed by atoms with E-state index in [1.807, 2.05) is 19.9 Å². The molecule has 158 valence electrons. The Balaban J connectivity index is 2.20. The number of allylic oxidation sites excluding steroid dienone is 2. The highest BCUT2D eigenvalue weighted by molar-refractivity contribution is 6.09. The second kappa shape index (κ2) is 8.74. The van der Waals surface area contributed by atoms with Gasteiger partial charge in [0.1, 0.15) is 11.9 Å². The molecule has 0 saturated heterocycles. The standard InChI is InChI=1S/C25H29NO4/c1-14(2)7-8-19-9-10-23-21(12-19)22-13-24(30-18(6)28)16(4)20(25(22)26-23)11-15(3)29-17(5)27/h7,9-10,12-13,15,26H,8,11H2,1-6H3. The van der Waals surface area contributed by atoms with Gasteiger partial charge in [-0.05, 0) is 69.0 Å². The smallest absolute Gasteiger partial charge is 0.308 e. The first-order valence-electron chi connectivity index (χ1n) is 10.2. The van der Waals surface area contributed by atoms with Crippen molar-refractivity contribution in [3.8, 4) is 5.75 Å². The van der Waals surface area contributed by atoms with Gasteiger partial charge in [0.25, 0.3) is 0 Å². The van der Waals surface area contributed by atoms with Crippen LogP contribution in [0.5, 0.6) is 5.75 Å². The lowest BCUT2D eigenvalue weighted by Gasteiger charge is -2.17. The van der Waals surface area contributed by atoms with E-state index in [9.17, 15) is 9.59 Å². The fourth-order valence-corrected chi connectivity index (χ4v) is 3.80. The number of nitrogens with one attached hydrogen (secondary N) is 1. The first kappa shape index (κ1) is 21.6. The van der Waals surface area contributed by atoms with Crippen LogP contribution in [0.2, 0.25) is 0 Å². The molecule has 0 aliphatic rings. The summed E-state index contributed by atoms with van der Waals surface area (Å²) in [7, 11) is 0. The third-order valence-corrected chi connectivity index (χ3v) is 5.16. The van der Waals surface area contributed by atoms with Crippen LogP contribution in [0.15, 0.2) is 35.9 Å². The third kappa shape index (κ3) is 4.73. The summed E-state index contributed by atoms with van der Waals surface area (Å²) in [5, 5.41) is 2.08. The molecule has 1 unspecified atom stereocenters. The molecule has 0 spiro atoms. The van der Waals surface area contributed by atoms with Crippen molar-refractivity contribution in [1.29, 1.82) is 0 Å². The molecule has 0 aliphatic heterocycles. The average Bonchev–Trinajstić information content (AvgIpc) is 3.00. The normalized spacial score (nSPS) is 12.1. The maximum absolute atomic E-state index is 11.7. The van der Waals surface area contributed by atoms with Gasteiger partial charge in [-0.2, -0.15) is 0 Å². The molecule has 0 aliphatic carbocycles. The fourth-order valence-electron chi connectivity index (χ4n) is 3.80. The van der Waals surface area contributed by atoms with E-state index in [2.05, 4.69) is 43.1 Å². The van der Waals surface area contributed by atoms with Crippen molar-refractivity contribution in [3.63, 3.8) is 0 Å². The Kier molecular flexibility index (Phi) is 6.30. The highest BCUT2D eigenvalue weighted by Gasteiger charge is 2.19. The summed E-state index contributed by atoms with van der Waals surface area (Å²) in [6.45, 7) is 10.8. The summed E-state index contributed by atoms with van der Waals surface area (Å²) in [6, 6.07) is 8.32. The van der Waals surface area contributed by atoms with Gasteiger partial charge in [0.05, 0.1) is 5.52 Å². The predicted molar refractivity (Wildman–Crippen MR) is 120 cm³/mol. The fraction of sp³-hybridized carbons (Fsp3) is 0.360. The van der Waals surface area contributed by atoms with Crippen molar-refractivity contribution in [2.45, 2.75) is 60.5 Å². The van der Waals surface area contributed by atoms with Crippen LogP contribution in [-0.2, 0) is 27.2 Å². The number of fused-ring (bicyclic) bond motifs is 3. The Morgan fingerprint density at radius 2 is 1.80 bits per heavy atom. The first-order valence-corrected chi connectivity index (χ1v) is 10.2. The van der Waals surface area contributed by atoms with E-state index in [4.69, 9.17) is 9.47 Å². The van der Waals surface area contributed by atoms with E-state index in [1.165, 1.54) is 25.0 Å². The average molecular weight is 408 g/mol. The molecule has 0 radical (unpaired) electrons. The summed E-state index contributed by atoms with van der Waals surface area (Å²) >= 11 is 0. The van der Waals surface area contributed by atoms with Gasteiger partial charge < -0.3 is 14.5 Å². The maximum atomic E-state index is 11.7. The van der Waals surface area contributed by atoms with E-state index in [-0.39, 0.29) is 18.0 Å². The molecule has 2 aromatic carbocycles. The number of hydrogen-bond donors (Lipinski definition) is 1. The Labute approximate surface area is 177 Å². The van der Waals surface area contributed by atoms with Crippen molar-refractivity contribution < 1.29 is 19.1 Å². The lowest BCUT2D eigenvalue weighted by Crippen LogP contribution is -2.16. The van der Waals surface area contributed by atoms with Crippen LogP contribution in [0.25, 0.3) is 21.8 Å². The minimum atomic E-state index is -0.361. The molecule has 0 fully saturated rings. The number of H-pyrrole nitrogens is 1. The van der Waals surface area contributed by atoms with Gasteiger partial charge in [-0.15, -0.1) is 0 Å². The van der Waals surface area contributed by atoms with Gasteiger partial charge in [0, 0.05) is 36.6 Å². The van der Waals surface area contributed by atoms with E-state index < -0.39 is 0 Å². The van der Waals surface area contributed by atoms with Crippen molar-refractivity contribution in [1.82, 2.24) is 4.98 Å². The molecule has 3 rings (SSSR count). The minimum absolute atomic E-state index is 0.295. The summed E-state index contributed by atoms with van der Waals surface area (Å²) in [4.78, 5) is 26.6. The molecule has 3 aromatic rings. The Hall–Kier alpha value is -3.08. The van der Waals surface area contributed by atoms with Crippen LogP contribution in [0.1, 0.15) is 51.3 Å². The van der Waals surface area contributed by atoms with Gasteiger partial charge >= 0.3 is 11.9 Å². The molecule has 5 heteroatoms. The minimum Gasteiger partial charge on any atom is -0.463 e. The van der Waals surface area contributed by atoms with Gasteiger partial charge in [-0.25, -0.2) is 0 Å². The van der Waals surface area contributed by atoms with Crippen molar-refractivity contribution in [3.05, 3.63) is 52.6 Å². The molecule has 5 nitrogen and oxygen atoms in total. The van der Waals surface area contributed by atoms with E-state index in [0.29, 0.717) is 12.2 Å². The van der Waals surface area contributed by atoms with E-state index >= 15 is 0 Å². The van der Waals surface area contributed by atoms with Gasteiger partial charge in [-0.3, -0.25) is 9.59 Å². The molecule has 30 heavy (non-hydrogen) atoms. The Morgan fingerprint density at radius 3 is 2.43 bits per heavy atom. The second-order valence-electron chi connectivity index (χ2n) is 8.11. The second-order valence-corrected chi connectivity index (χ2v) is 8.11. The molecule has 1 aromatic heterocycles. The number of rotatable bonds is 6. The van der Waals surface area contributed by atoms with E-state index in [0.717, 1.165) is 39.4 Å². The van der Waals surface area contributed by atoms with Crippen molar-refractivity contribution in [2.75, 3.05) is 0 Å². The van der Waals surface area contributed by atoms with Crippen LogP contribution in [0.4, 0.5) is 0 Å². The highest BCUT2D eigenvalue weighted by Crippen LogP contribution is 2.36. The van der Waals surface area contributed by atoms with Crippen LogP contribution in [-0.4, -0.2) is 23.0 Å². The maximum Gasteiger partial charge on any atom is 0.308 e. The SMILES string of the molecule is CC(=O)Oc1cc2c([nH]c3ccc(CC=C(C)C)cc32)c(CC(C)OC(C)=O)c1C. The van der Waals surface area contributed by atoms with Crippen molar-refractivity contribution >= 4 is 33.7 Å². The third-order valence-electron chi connectivity index (χ3n) is 5.16. The number of carbonyl (C=O) groups excluding carboxylic acids is 2. The molecule has 0 bridgehead atoms. The zero-order valence-corrected chi connectivity index (χ0v) is 18.5. The summed E-state index contributed by atoms with van der Waals surface area (Å²) in [6.07, 6.45) is 3.30. The highest BCUT2D eigenvalue weighted by atomic mass is 16.5. The first-order chi connectivity index (χ1) is 14.2. The topological polar surface area (TPSA) is 68.4 Å². The molecular formula is C25H29NO4. The number of aromatic nitrogens is 1. The van der Waals surface area contributed by atoms with Crippen LogP contribution < -0.4 is 4.74 Å². The molecule has 0 amide bonds. The van der Waals surface area contributed by atoms with Gasteiger partial charge in [0.2, 0.25) is 0 Å². The summed E-state index contributed by atoms with van der Waals surface area (Å²) < 4.78 is 10.9. The quantitative estimate of drug-likeness (QED) is 0.330. The Morgan fingerprint density at radius 1 is 1.07 bits per heavy atom. The van der Waals surface area contributed by atoms with Crippen LogP contribution >= 0.6 is 0 Å². The molecule has 0 saturated carbocycles. The van der Waals surface area contributed by atoms with Gasteiger partial charge in [0.15, 0.2) is 0 Å². The van der Waals surface area contributed by atoms with Crippen LogP contribution in [0, 0.1) is 6.92 Å². The summed E-state index contributed by atoms with van der Waals surface area (Å²) in [5.74, 6) is -0.135. The number of carbonyl (C=O) groups is 2. The van der Waals surface area contributed by atoms with E-state index in [1.54, 1.807) is 0 Å². The predicted octanol–water partition coefficient (Wildman–Crippen LogP) is 5.56. The number of aromatic amines is 1. The molecule has 1 atom stereocenters.